The Bertz CT molecular complexity index is 2810. The van der Waals surface area contributed by atoms with Gasteiger partial charge in [0.05, 0.1) is 34.9 Å². The molecule has 1 atom stereocenters. The van der Waals surface area contributed by atoms with Gasteiger partial charge < -0.3 is 24.8 Å². The maximum absolute atomic E-state index is 14.8. The molecule has 362 valence electrons. The molecule has 69 heavy (non-hydrogen) atoms. The molecule has 3 aromatic heterocycles. The largest absolute Gasteiger partial charge is 0.489 e. The fourth-order valence-corrected chi connectivity index (χ4v) is 12.4. The zero-order valence-corrected chi connectivity index (χ0v) is 40.8. The van der Waals surface area contributed by atoms with Gasteiger partial charge >= 0.3 is 0 Å². The number of fused-ring (bicyclic) bond motifs is 2. The quantitative estimate of drug-likeness (QED) is 0.145. The van der Waals surface area contributed by atoms with Gasteiger partial charge in [-0.15, -0.1) is 0 Å². The number of nitriles is 1. The van der Waals surface area contributed by atoms with Crippen LogP contribution in [0.3, 0.4) is 0 Å². The molecule has 0 unspecified atom stereocenters. The Hall–Kier alpha value is -6.12. The second kappa shape index (κ2) is 18.0. The lowest BCUT2D eigenvalue weighted by Gasteiger charge is -2.63. The molecule has 1 saturated carbocycles. The van der Waals surface area contributed by atoms with E-state index in [0.717, 1.165) is 86.6 Å². The smallest absolute Gasteiger partial charge is 0.264 e. The predicted molar refractivity (Wildman–Crippen MR) is 258 cm³/mol. The lowest BCUT2D eigenvalue weighted by molar-refractivity contribution is -0.164. The summed E-state index contributed by atoms with van der Waals surface area (Å²) in [6.45, 7) is 15.0. The Morgan fingerprint density at radius 3 is 2.36 bits per heavy atom. The zero-order valence-electron chi connectivity index (χ0n) is 40.1. The van der Waals surface area contributed by atoms with Crippen molar-refractivity contribution in [3.63, 3.8) is 0 Å². The Kier molecular flexibility index (Phi) is 12.2. The van der Waals surface area contributed by atoms with E-state index in [0.29, 0.717) is 71.1 Å². The van der Waals surface area contributed by atoms with E-state index in [2.05, 4.69) is 73.5 Å². The molecule has 1 N–H and O–H groups in total. The maximum Gasteiger partial charge on any atom is 0.264 e. The highest BCUT2D eigenvalue weighted by Gasteiger charge is 2.64. The molecule has 2 saturated heterocycles. The van der Waals surface area contributed by atoms with Gasteiger partial charge in [0.2, 0.25) is 11.9 Å². The van der Waals surface area contributed by atoms with Crippen LogP contribution in [0.1, 0.15) is 111 Å². The lowest BCUT2D eigenvalue weighted by atomic mass is 9.49. The van der Waals surface area contributed by atoms with Gasteiger partial charge in [0.1, 0.15) is 17.9 Å². The minimum atomic E-state index is -2.67. The summed E-state index contributed by atoms with van der Waals surface area (Å²) in [5.41, 5.74) is 5.03. The van der Waals surface area contributed by atoms with Crippen LogP contribution in [0.15, 0.2) is 55.1 Å². The van der Waals surface area contributed by atoms with Crippen LogP contribution in [-0.4, -0.2) is 109 Å². The summed E-state index contributed by atoms with van der Waals surface area (Å²) in [5, 5.41) is 22.4. The van der Waals surface area contributed by atoms with Crippen molar-refractivity contribution < 1.29 is 23.1 Å². The molecule has 1 aliphatic carbocycles. The standard InChI is InChI=1S/C51H59ClF2N12O3/c1-30(67)63-19-14-42-40(29-63)45(65-15-7-8-31-20-38(34-26-58-61(6)27-34)39(44(53)54)22-43(31)65)60-66(42)35-11-16-62(17-12-35)36-13-18-64(28-36)49-56-24-33(25-57-49)46(68)59-47-50(2,3)48(51(47,4)5)69-37-10-9-32(23-55)41(52)21-37/h9-10,20-22,24-27,35-36,44,47-48H,7-8,11-19,28-29H2,1-6H3,(H,59,68)/t36-,47?,48?/m0/s1. The number of rotatable bonds is 10. The van der Waals surface area contributed by atoms with Crippen molar-refractivity contribution >= 4 is 40.9 Å². The third-order valence-electron chi connectivity index (χ3n) is 15.5. The van der Waals surface area contributed by atoms with E-state index in [1.165, 1.54) is 0 Å². The Morgan fingerprint density at radius 2 is 1.70 bits per heavy atom. The van der Waals surface area contributed by atoms with Crippen LogP contribution < -0.4 is 19.9 Å². The van der Waals surface area contributed by atoms with Crippen LogP contribution in [0.5, 0.6) is 5.75 Å². The summed E-state index contributed by atoms with van der Waals surface area (Å²) < 4.78 is 39.8. The summed E-state index contributed by atoms with van der Waals surface area (Å²) in [4.78, 5) is 44.4. The summed E-state index contributed by atoms with van der Waals surface area (Å²) in [6.07, 6.45) is 8.83. The highest BCUT2D eigenvalue weighted by Crippen LogP contribution is 2.56. The molecule has 0 bridgehead atoms. The van der Waals surface area contributed by atoms with Crippen molar-refractivity contribution in [3.8, 4) is 22.9 Å². The van der Waals surface area contributed by atoms with E-state index < -0.39 is 17.3 Å². The van der Waals surface area contributed by atoms with E-state index in [-0.39, 0.29) is 35.6 Å². The first-order valence-electron chi connectivity index (χ1n) is 24.1. The van der Waals surface area contributed by atoms with Crippen molar-refractivity contribution in [2.24, 2.45) is 17.9 Å². The number of nitrogens with one attached hydrogen (secondary N) is 1. The average molecular weight is 962 g/mol. The first-order valence-corrected chi connectivity index (χ1v) is 24.4. The van der Waals surface area contributed by atoms with E-state index >= 15 is 0 Å². The van der Waals surface area contributed by atoms with Crippen molar-refractivity contribution in [2.75, 3.05) is 49.1 Å². The van der Waals surface area contributed by atoms with E-state index in [1.54, 1.807) is 67.7 Å². The molecular weight excluding hydrogens is 902 g/mol. The number of benzene rings is 2. The number of alkyl halides is 2. The molecule has 15 nitrogen and oxygen atoms in total. The number of hydrogen-bond acceptors (Lipinski definition) is 11. The molecule has 3 fully saturated rings. The van der Waals surface area contributed by atoms with Gasteiger partial charge in [-0.1, -0.05) is 39.3 Å². The minimum absolute atomic E-state index is 0.0112. The van der Waals surface area contributed by atoms with Crippen LogP contribution >= 0.6 is 11.6 Å². The van der Waals surface area contributed by atoms with Crippen molar-refractivity contribution in [2.45, 2.75) is 110 Å². The number of amides is 2. The number of aromatic nitrogens is 6. The summed E-state index contributed by atoms with van der Waals surface area (Å²) in [5.74, 6) is 1.72. The fourth-order valence-electron chi connectivity index (χ4n) is 12.2. The fraction of sp³-hybridized carbons (Fsp3) is 0.510. The SMILES string of the molecule is CC(=O)N1CCc2c(c(N3CCCc4cc(-c5cnn(C)c5)c(C(F)F)cc43)nn2C2CCN([C@H]3CCN(c4ncc(C(=O)NC5C(C)(C)C(Oc6ccc(C#N)c(Cl)c6)C5(C)C)cn4)C3)CC2)C1. The second-order valence-corrected chi connectivity index (χ2v) is 21.0. The number of carbonyl (C=O) groups is 2. The van der Waals surface area contributed by atoms with Gasteiger partial charge in [0.25, 0.3) is 12.3 Å². The molecule has 2 amide bonds. The Morgan fingerprint density at radius 1 is 0.957 bits per heavy atom. The van der Waals surface area contributed by atoms with Crippen LogP contribution in [0.2, 0.25) is 5.02 Å². The topological polar surface area (TPSA) is 154 Å². The number of carbonyl (C=O) groups excluding carboxylic acids is 2. The molecule has 5 aromatic rings. The van der Waals surface area contributed by atoms with Gasteiger partial charge in [-0.2, -0.15) is 15.5 Å². The monoisotopic (exact) mass is 960 g/mol. The van der Waals surface area contributed by atoms with E-state index in [1.807, 2.05) is 11.0 Å². The van der Waals surface area contributed by atoms with E-state index in [4.69, 9.17) is 21.4 Å². The average Bonchev–Trinajstić information content (AvgIpc) is 4.11. The molecule has 4 aliphatic heterocycles. The molecule has 18 heteroatoms. The van der Waals surface area contributed by atoms with Crippen LogP contribution in [0, 0.1) is 22.2 Å². The van der Waals surface area contributed by atoms with Crippen LogP contribution in [-0.2, 0) is 31.2 Å². The minimum Gasteiger partial charge on any atom is -0.489 e. The summed E-state index contributed by atoms with van der Waals surface area (Å²) in [6, 6.07) is 11.0. The van der Waals surface area contributed by atoms with Crippen molar-refractivity contribution in [3.05, 3.63) is 93.7 Å². The first kappa shape index (κ1) is 46.6. The van der Waals surface area contributed by atoms with Gasteiger partial charge in [-0.25, -0.2) is 18.7 Å². The summed E-state index contributed by atoms with van der Waals surface area (Å²) >= 11 is 6.28. The second-order valence-electron chi connectivity index (χ2n) is 20.6. The third-order valence-corrected chi connectivity index (χ3v) is 15.8. The summed E-state index contributed by atoms with van der Waals surface area (Å²) in [7, 11) is 1.78. The van der Waals surface area contributed by atoms with Crippen LogP contribution in [0.25, 0.3) is 11.1 Å². The number of aryl methyl sites for hydroxylation is 2. The molecule has 2 aromatic carbocycles. The normalized spacial score (nSPS) is 22.2. The van der Waals surface area contributed by atoms with Gasteiger partial charge in [0.15, 0.2) is 5.82 Å². The first-order chi connectivity index (χ1) is 33.0. The maximum atomic E-state index is 14.8. The van der Waals surface area contributed by atoms with Crippen molar-refractivity contribution in [1.82, 2.24) is 44.6 Å². The number of nitrogens with zero attached hydrogens (tertiary/aromatic N) is 11. The third kappa shape index (κ3) is 8.47. The van der Waals surface area contributed by atoms with Gasteiger partial charge in [-0.05, 0) is 67.5 Å². The number of ether oxygens (including phenoxy) is 1. The number of likely N-dealkylation sites (tertiary alicyclic amines) is 1. The highest BCUT2D eigenvalue weighted by molar-refractivity contribution is 6.31. The molecule has 0 radical (unpaired) electrons. The molecule has 5 aliphatic rings. The highest BCUT2D eigenvalue weighted by atomic mass is 35.5. The van der Waals surface area contributed by atoms with E-state index in [9.17, 15) is 23.6 Å². The Balaban J connectivity index is 0.788. The predicted octanol–water partition coefficient (Wildman–Crippen LogP) is 8.05. The van der Waals surface area contributed by atoms with Crippen LogP contribution in [0.4, 0.5) is 26.2 Å². The van der Waals surface area contributed by atoms with Crippen molar-refractivity contribution in [1.29, 1.82) is 5.26 Å². The number of piperidine rings is 1. The number of halogens is 3. The number of hydrogen-bond donors (Lipinski definition) is 1. The number of anilines is 3. The van der Waals surface area contributed by atoms with Gasteiger partial charge in [-0.3, -0.25) is 23.9 Å². The lowest BCUT2D eigenvalue weighted by Crippen LogP contribution is -2.74. The molecule has 10 rings (SSSR count). The zero-order chi connectivity index (χ0) is 48.5. The molecule has 0 spiro atoms. The molecule has 7 heterocycles. The van der Waals surface area contributed by atoms with Gasteiger partial charge in [0, 0.05) is 135 Å². The Labute approximate surface area is 406 Å². The molecular formula is C51H59ClF2N12O3.